The van der Waals surface area contributed by atoms with Crippen molar-refractivity contribution in [2.45, 2.75) is 36.4 Å². The average Bonchev–Trinajstić information content (AvgIpc) is 2.95. The Morgan fingerprint density at radius 3 is 3.41 bits per heavy atom. The summed E-state index contributed by atoms with van der Waals surface area (Å²) in [5.74, 6) is -1.26. The van der Waals surface area contributed by atoms with E-state index in [1.54, 1.807) is 11.9 Å². The minimum atomic E-state index is -2.82. The van der Waals surface area contributed by atoms with Gasteiger partial charge in [-0.2, -0.15) is 0 Å². The maximum atomic E-state index is 9.29. The smallest absolute Gasteiger partial charge is 0.211 e. The molecule has 1 saturated heterocycles. The number of likely N-dealkylation sites (N-methyl/N-ethyl adjacent to an activating group) is 1. The third kappa shape index (κ3) is 1.28. The Kier molecular flexibility index (Phi) is 1.28. The number of likely N-dealkylation sites (tertiary alicyclic amines) is 1. The molecule has 116 valence electrons. The second-order valence-electron chi connectivity index (χ2n) is 6.20. The lowest BCUT2D eigenvalue weighted by molar-refractivity contribution is -0.0453. The van der Waals surface area contributed by atoms with Crippen LogP contribution in [0.4, 0.5) is 0 Å². The van der Waals surface area contributed by atoms with Gasteiger partial charge in [-0.25, -0.2) is 0 Å². The van der Waals surface area contributed by atoms with Gasteiger partial charge in [0.15, 0.2) is 11.5 Å². The van der Waals surface area contributed by atoms with Crippen molar-refractivity contribution in [3.05, 3.63) is 35.4 Å². The SMILES string of the molecule is [2H]OC1([2H])C=C[C@@H]2[C@@]34CCN(C)[C@]2([2H])C([2H])([2H])c2ccc(OC([2H])([2H])[2H])c(c23)OC14[2H]. The molecule has 1 aromatic carbocycles. The highest BCUT2D eigenvalue weighted by Crippen LogP contribution is 2.62. The first-order valence-corrected chi connectivity index (χ1v) is 7.30. The number of ether oxygens (including phenoxy) is 2. The standard InChI is InChI=1S/C18H21NO3/c1-19-8-7-18-11-4-5-13(20)17(18)22-16-14(21-2)6-3-10(15(16)18)9-12(11)19/h3-6,11-13,17,20H,7-9H2,1-2H3/t11-,12+,13?,17?,18-/m0/s1/i2D3,9D2,12D,13D,17D,20D. The fraction of sp³-hybridized carbons (Fsp3) is 0.556. The Hall–Kier alpha value is -1.52. The van der Waals surface area contributed by atoms with Crippen LogP contribution in [0.1, 0.15) is 28.5 Å². The Labute approximate surface area is 143 Å². The summed E-state index contributed by atoms with van der Waals surface area (Å²) in [7, 11) is -1.18. The van der Waals surface area contributed by atoms with Gasteiger partial charge in [-0.3, -0.25) is 0 Å². The number of methoxy groups -OCH3 is 1. The maximum Gasteiger partial charge on any atom is 0.211 e. The highest BCUT2D eigenvalue weighted by Gasteiger charge is 2.64. The summed E-state index contributed by atoms with van der Waals surface area (Å²) in [4.78, 5) is 1.60. The van der Waals surface area contributed by atoms with E-state index in [4.69, 9.17) is 19.1 Å². The predicted octanol–water partition coefficient (Wildman–Crippen LogP) is 1.50. The van der Waals surface area contributed by atoms with E-state index >= 15 is 0 Å². The summed E-state index contributed by atoms with van der Waals surface area (Å²) >= 11 is 0. The van der Waals surface area contributed by atoms with Crippen molar-refractivity contribution in [2.24, 2.45) is 5.92 Å². The summed E-state index contributed by atoms with van der Waals surface area (Å²) in [6.45, 7) is 0.231. The summed E-state index contributed by atoms with van der Waals surface area (Å²) < 4.78 is 86.1. The largest absolute Gasteiger partial charge is 0.493 e. The van der Waals surface area contributed by atoms with E-state index in [-0.39, 0.29) is 35.6 Å². The van der Waals surface area contributed by atoms with Crippen LogP contribution in [-0.4, -0.2) is 50.2 Å². The van der Waals surface area contributed by atoms with Gasteiger partial charge in [0.25, 0.3) is 0 Å². The van der Waals surface area contributed by atoms with Gasteiger partial charge in [0.05, 0.1) is 13.9 Å². The normalized spacial score (nSPS) is 59.9. The lowest BCUT2D eigenvalue weighted by Gasteiger charge is -2.56. The zero-order valence-electron chi connectivity index (χ0n) is 21.0. The number of benzene rings is 1. The van der Waals surface area contributed by atoms with E-state index in [9.17, 15) is 2.74 Å². The zero-order valence-corrected chi connectivity index (χ0v) is 12.0. The molecule has 4 aliphatic rings. The van der Waals surface area contributed by atoms with Crippen LogP contribution in [0.25, 0.3) is 0 Å². The number of hydrogen-bond donors (Lipinski definition) is 1. The predicted molar refractivity (Wildman–Crippen MR) is 82.5 cm³/mol. The Bertz CT molecular complexity index is 1020. The maximum absolute atomic E-state index is 9.29. The fourth-order valence-electron chi connectivity index (χ4n) is 4.32. The van der Waals surface area contributed by atoms with Crippen molar-refractivity contribution < 1.29 is 25.5 Å². The monoisotopic (exact) mass is 308 g/mol. The quantitative estimate of drug-likeness (QED) is 0.841. The lowest BCUT2D eigenvalue weighted by atomic mass is 9.53. The Morgan fingerprint density at radius 2 is 2.55 bits per heavy atom. The highest BCUT2D eigenvalue weighted by molar-refractivity contribution is 5.62. The lowest BCUT2D eigenvalue weighted by Crippen LogP contribution is -2.64. The molecule has 4 heteroatoms. The molecular weight excluding hydrogens is 278 g/mol. The summed E-state index contributed by atoms with van der Waals surface area (Å²) in [6.07, 6.45) is -3.92. The minimum absolute atomic E-state index is 0.0925. The van der Waals surface area contributed by atoms with Crippen LogP contribution in [0.15, 0.2) is 24.3 Å². The van der Waals surface area contributed by atoms with Crippen LogP contribution in [-0.2, 0) is 11.8 Å². The molecular formula is C18H21NO3. The van der Waals surface area contributed by atoms with Crippen LogP contribution < -0.4 is 9.47 Å². The highest BCUT2D eigenvalue weighted by atomic mass is 16.5. The summed E-state index contributed by atoms with van der Waals surface area (Å²) in [5.41, 5.74) is -1.09. The Morgan fingerprint density at radius 1 is 1.59 bits per heavy atom. The molecule has 1 spiro atoms. The van der Waals surface area contributed by atoms with Gasteiger partial charge >= 0.3 is 0 Å². The van der Waals surface area contributed by atoms with Crippen molar-refractivity contribution in [2.75, 3.05) is 20.6 Å². The van der Waals surface area contributed by atoms with Crippen LogP contribution >= 0.6 is 0 Å². The number of hydrogen-bond acceptors (Lipinski definition) is 4. The first kappa shape index (κ1) is 6.93. The molecule has 2 heterocycles. The molecule has 2 bridgehead atoms. The summed E-state index contributed by atoms with van der Waals surface area (Å²) in [6, 6.07) is 0.804. The van der Waals surface area contributed by atoms with E-state index in [1.807, 2.05) is 0 Å². The topological polar surface area (TPSA) is 41.9 Å². The van der Waals surface area contributed by atoms with Gasteiger partial charge in [0.1, 0.15) is 12.2 Å². The summed E-state index contributed by atoms with van der Waals surface area (Å²) in [5, 5.41) is 4.67. The minimum Gasteiger partial charge on any atom is -0.493 e. The van der Waals surface area contributed by atoms with E-state index in [2.05, 4.69) is 5.11 Å². The number of aliphatic hydroxyl groups is 1. The average molecular weight is 308 g/mol. The molecule has 1 N–H and O–H groups in total. The van der Waals surface area contributed by atoms with Gasteiger partial charge < -0.3 is 19.5 Å². The van der Waals surface area contributed by atoms with Gasteiger partial charge in [-0.1, -0.05) is 18.2 Å². The van der Waals surface area contributed by atoms with Crippen molar-refractivity contribution >= 4 is 0 Å². The van der Waals surface area contributed by atoms with E-state index in [0.717, 1.165) is 6.08 Å². The molecule has 0 saturated carbocycles. The van der Waals surface area contributed by atoms with Crippen molar-refractivity contribution in [1.29, 1.82) is 1.43 Å². The molecule has 2 aliphatic carbocycles. The molecule has 1 aromatic rings. The number of nitrogens with zero attached hydrogens (tertiary/aromatic N) is 1. The number of rotatable bonds is 2. The second-order valence-corrected chi connectivity index (χ2v) is 6.20. The van der Waals surface area contributed by atoms with Crippen LogP contribution in [0.2, 0.25) is 0 Å². The molecule has 4 nitrogen and oxygen atoms in total. The van der Waals surface area contributed by atoms with Gasteiger partial charge in [0.2, 0.25) is 1.43 Å². The van der Waals surface area contributed by atoms with Crippen molar-refractivity contribution in [3.63, 3.8) is 0 Å². The first-order valence-electron chi connectivity index (χ1n) is 11.7. The van der Waals surface area contributed by atoms with Crippen LogP contribution in [0.3, 0.4) is 0 Å². The zero-order chi connectivity index (χ0) is 22.8. The molecule has 1 fully saturated rings. The van der Waals surface area contributed by atoms with Crippen molar-refractivity contribution in [3.8, 4) is 11.5 Å². The van der Waals surface area contributed by atoms with E-state index < -0.39 is 42.9 Å². The molecule has 0 radical (unpaired) electrons. The molecule has 2 unspecified atom stereocenters. The van der Waals surface area contributed by atoms with Gasteiger partial charge in [0, 0.05) is 27.0 Å². The van der Waals surface area contributed by atoms with E-state index in [0.29, 0.717) is 0 Å². The van der Waals surface area contributed by atoms with E-state index in [1.165, 1.54) is 18.2 Å². The number of piperidine rings is 1. The molecule has 5 rings (SSSR count). The molecule has 2 aliphatic heterocycles. The second kappa shape index (κ2) is 4.06. The van der Waals surface area contributed by atoms with Gasteiger partial charge in [-0.15, -0.1) is 0 Å². The Balaban J connectivity index is 1.91. The third-order valence-corrected chi connectivity index (χ3v) is 5.29. The van der Waals surface area contributed by atoms with Crippen molar-refractivity contribution in [1.82, 2.24) is 4.90 Å². The van der Waals surface area contributed by atoms with Crippen LogP contribution in [0.5, 0.6) is 11.5 Å². The molecule has 22 heavy (non-hydrogen) atoms. The third-order valence-electron chi connectivity index (χ3n) is 5.29. The van der Waals surface area contributed by atoms with Crippen LogP contribution in [0, 0.1) is 5.92 Å². The molecule has 0 amide bonds. The first-order chi connectivity index (χ1) is 14.2. The molecule has 5 atom stereocenters. The fourth-order valence-corrected chi connectivity index (χ4v) is 4.32. The van der Waals surface area contributed by atoms with Gasteiger partial charge in [-0.05, 0) is 38.0 Å². The molecule has 0 aromatic heterocycles.